The molecular weight excluding hydrogens is 293 g/mol. The van der Waals surface area contributed by atoms with E-state index in [1.165, 1.54) is 17.4 Å². The lowest BCUT2D eigenvalue weighted by molar-refractivity contribution is 0.0470. The fourth-order valence-electron chi connectivity index (χ4n) is 1.77. The van der Waals surface area contributed by atoms with Gasteiger partial charge < -0.3 is 9.26 Å². The Morgan fingerprint density at radius 2 is 2.14 bits per heavy atom. The minimum atomic E-state index is -0.416. The molecule has 0 saturated carbocycles. The van der Waals surface area contributed by atoms with Crippen LogP contribution in [0.4, 0.5) is 4.39 Å². The molecule has 0 radical (unpaired) electrons. The second-order valence-corrected chi connectivity index (χ2v) is 5.16. The molecule has 6 heteroatoms. The highest BCUT2D eigenvalue weighted by molar-refractivity contribution is 7.11. The molecule has 0 aliphatic heterocycles. The minimum Gasteiger partial charge on any atom is -0.455 e. The zero-order valence-electron chi connectivity index (χ0n) is 10.8. The van der Waals surface area contributed by atoms with E-state index in [1.807, 2.05) is 0 Å². The van der Waals surface area contributed by atoms with E-state index in [0.717, 1.165) is 0 Å². The highest BCUT2D eigenvalue weighted by Gasteiger charge is 2.13. The first-order valence-corrected chi connectivity index (χ1v) is 7.03. The van der Waals surface area contributed by atoms with Crippen molar-refractivity contribution in [2.24, 2.45) is 0 Å². The van der Waals surface area contributed by atoms with E-state index in [0.29, 0.717) is 21.9 Å². The molecule has 3 aromatic rings. The van der Waals surface area contributed by atoms with Gasteiger partial charge in [-0.15, -0.1) is 11.3 Å². The van der Waals surface area contributed by atoms with Crippen molar-refractivity contribution in [1.29, 1.82) is 0 Å². The molecule has 0 bridgehead atoms. The van der Waals surface area contributed by atoms with Gasteiger partial charge in [-0.05, 0) is 23.6 Å². The van der Waals surface area contributed by atoms with E-state index in [-0.39, 0.29) is 6.61 Å². The topological polar surface area (TPSA) is 52.3 Å². The van der Waals surface area contributed by atoms with Gasteiger partial charge >= 0.3 is 5.97 Å². The first-order chi connectivity index (χ1) is 10.2. The van der Waals surface area contributed by atoms with Crippen molar-refractivity contribution in [2.45, 2.75) is 6.61 Å². The van der Waals surface area contributed by atoms with Gasteiger partial charge in [-0.2, -0.15) is 0 Å². The summed E-state index contributed by atoms with van der Waals surface area (Å²) < 4.78 is 23.8. The lowest BCUT2D eigenvalue weighted by Crippen LogP contribution is -2.03. The second kappa shape index (κ2) is 5.88. The zero-order valence-corrected chi connectivity index (χ0v) is 11.6. The van der Waals surface area contributed by atoms with Crippen molar-refractivity contribution >= 4 is 17.3 Å². The lowest BCUT2D eigenvalue weighted by atomic mass is 10.1. The molecule has 0 unspecified atom stereocenters. The van der Waals surface area contributed by atoms with Crippen LogP contribution in [0.5, 0.6) is 0 Å². The predicted molar refractivity (Wildman–Crippen MR) is 75.3 cm³/mol. The van der Waals surface area contributed by atoms with Gasteiger partial charge in [0.2, 0.25) is 0 Å². The quantitative estimate of drug-likeness (QED) is 0.686. The molecule has 0 fully saturated rings. The van der Waals surface area contributed by atoms with Crippen LogP contribution in [0.3, 0.4) is 0 Å². The van der Waals surface area contributed by atoms with Crippen molar-refractivity contribution in [1.82, 2.24) is 5.16 Å². The van der Waals surface area contributed by atoms with E-state index in [4.69, 9.17) is 9.26 Å². The Bertz CT molecular complexity index is 752. The van der Waals surface area contributed by atoms with Crippen LogP contribution in [0.2, 0.25) is 0 Å². The summed E-state index contributed by atoms with van der Waals surface area (Å²) in [4.78, 5) is 12.2. The number of esters is 1. The fraction of sp³-hybridized carbons (Fsp3) is 0.0667. The van der Waals surface area contributed by atoms with Gasteiger partial charge in [0.05, 0.1) is 5.56 Å². The monoisotopic (exact) mass is 303 g/mol. The first kappa shape index (κ1) is 13.5. The van der Waals surface area contributed by atoms with Crippen molar-refractivity contribution < 1.29 is 18.4 Å². The highest BCUT2D eigenvalue weighted by Crippen LogP contribution is 2.23. The van der Waals surface area contributed by atoms with Gasteiger partial charge in [0.15, 0.2) is 5.76 Å². The lowest BCUT2D eigenvalue weighted by Gasteiger charge is -1.99. The summed E-state index contributed by atoms with van der Waals surface area (Å²) in [7, 11) is 0. The van der Waals surface area contributed by atoms with Crippen LogP contribution in [0.25, 0.3) is 11.3 Å². The van der Waals surface area contributed by atoms with E-state index in [9.17, 15) is 9.18 Å². The summed E-state index contributed by atoms with van der Waals surface area (Å²) in [5.41, 5.74) is 0.749. The maximum absolute atomic E-state index is 13.6. The normalized spacial score (nSPS) is 10.5. The average Bonchev–Trinajstić information content (AvgIpc) is 3.17. The molecular formula is C15H10FNO3S. The third-order valence-corrected chi connectivity index (χ3v) is 3.62. The van der Waals surface area contributed by atoms with Crippen LogP contribution in [0, 0.1) is 5.82 Å². The smallest absolute Gasteiger partial charge is 0.348 e. The molecule has 21 heavy (non-hydrogen) atoms. The molecule has 2 aromatic heterocycles. The molecule has 2 heterocycles. The molecule has 3 rings (SSSR count). The Hall–Kier alpha value is -2.47. The molecule has 0 spiro atoms. The van der Waals surface area contributed by atoms with Crippen LogP contribution in [-0.2, 0) is 11.3 Å². The summed E-state index contributed by atoms with van der Waals surface area (Å²) in [5.74, 6) is -0.508. The van der Waals surface area contributed by atoms with Crippen molar-refractivity contribution in [2.75, 3.05) is 0 Å². The average molecular weight is 303 g/mol. The van der Waals surface area contributed by atoms with Crippen molar-refractivity contribution in [3.63, 3.8) is 0 Å². The number of carbonyl (C=O) groups is 1. The summed E-state index contributed by atoms with van der Waals surface area (Å²) in [6.45, 7) is -0.0192. The van der Waals surface area contributed by atoms with Gasteiger partial charge in [-0.1, -0.05) is 23.4 Å². The number of halogens is 1. The maximum atomic E-state index is 13.6. The molecule has 106 valence electrons. The number of thiophene rings is 1. The number of ether oxygens (including phenoxy) is 1. The Balaban J connectivity index is 1.69. The summed E-state index contributed by atoms with van der Waals surface area (Å²) in [5, 5.41) is 5.57. The number of aromatic nitrogens is 1. The third kappa shape index (κ3) is 3.00. The van der Waals surface area contributed by atoms with Gasteiger partial charge in [-0.25, -0.2) is 9.18 Å². The summed E-state index contributed by atoms with van der Waals surface area (Å²) in [6.07, 6.45) is 0. The highest BCUT2D eigenvalue weighted by atomic mass is 32.1. The van der Waals surface area contributed by atoms with Crippen LogP contribution in [-0.4, -0.2) is 11.1 Å². The Labute approximate surface area is 123 Å². The largest absolute Gasteiger partial charge is 0.455 e. The van der Waals surface area contributed by atoms with Gasteiger partial charge in [0.25, 0.3) is 0 Å². The first-order valence-electron chi connectivity index (χ1n) is 6.15. The number of hydrogen-bond acceptors (Lipinski definition) is 5. The Kier molecular flexibility index (Phi) is 3.79. The van der Waals surface area contributed by atoms with Crippen LogP contribution in [0.1, 0.15) is 15.4 Å². The molecule has 0 N–H and O–H groups in total. The van der Waals surface area contributed by atoms with E-state index in [2.05, 4.69) is 5.16 Å². The van der Waals surface area contributed by atoms with E-state index >= 15 is 0 Å². The third-order valence-electron chi connectivity index (χ3n) is 2.77. The van der Waals surface area contributed by atoms with E-state index < -0.39 is 11.8 Å². The molecule has 0 aliphatic rings. The molecule has 0 atom stereocenters. The molecule has 0 amide bonds. The van der Waals surface area contributed by atoms with Crippen molar-refractivity contribution in [3.05, 3.63) is 64.2 Å². The van der Waals surface area contributed by atoms with E-state index in [1.54, 1.807) is 41.8 Å². The Morgan fingerprint density at radius 1 is 1.29 bits per heavy atom. The summed E-state index contributed by atoms with van der Waals surface area (Å²) >= 11 is 1.30. The maximum Gasteiger partial charge on any atom is 0.348 e. The molecule has 0 aliphatic carbocycles. The zero-order chi connectivity index (χ0) is 14.7. The number of hydrogen-bond donors (Lipinski definition) is 0. The SMILES string of the molecule is O=C(OCc1cc(-c2ccccc2F)on1)c1cccs1. The van der Waals surface area contributed by atoms with Crippen LogP contribution >= 0.6 is 11.3 Å². The van der Waals surface area contributed by atoms with Crippen LogP contribution in [0.15, 0.2) is 52.4 Å². The number of rotatable bonds is 4. The Morgan fingerprint density at radius 3 is 2.90 bits per heavy atom. The molecule has 4 nitrogen and oxygen atoms in total. The fourth-order valence-corrected chi connectivity index (χ4v) is 2.39. The van der Waals surface area contributed by atoms with Gasteiger partial charge in [-0.3, -0.25) is 0 Å². The number of carbonyl (C=O) groups excluding carboxylic acids is 1. The predicted octanol–water partition coefficient (Wildman–Crippen LogP) is 3.90. The van der Waals surface area contributed by atoms with Crippen molar-refractivity contribution in [3.8, 4) is 11.3 Å². The standard InChI is InChI=1S/C15H10FNO3S/c16-12-5-2-1-4-11(12)13-8-10(17-20-13)9-19-15(18)14-6-3-7-21-14/h1-8H,9H2. The summed E-state index contributed by atoms with van der Waals surface area (Å²) in [6, 6.07) is 11.2. The molecule has 0 saturated heterocycles. The van der Waals surface area contributed by atoms with Crippen LogP contribution < -0.4 is 0 Å². The second-order valence-electron chi connectivity index (χ2n) is 4.22. The number of benzene rings is 1. The molecule has 1 aromatic carbocycles. The van der Waals surface area contributed by atoms with Gasteiger partial charge in [0, 0.05) is 6.07 Å². The minimum absolute atomic E-state index is 0.0192. The number of nitrogens with zero attached hydrogens (tertiary/aromatic N) is 1. The van der Waals surface area contributed by atoms with Gasteiger partial charge in [0.1, 0.15) is 23.0 Å².